The number of nitrogens with zero attached hydrogens (tertiary/aromatic N) is 1. The molecule has 1 aliphatic carbocycles. The highest BCUT2D eigenvalue weighted by molar-refractivity contribution is 5.99. The Hall–Kier alpha value is -1.51. The molecule has 0 heterocycles. The van der Waals surface area contributed by atoms with Crippen molar-refractivity contribution in [2.24, 2.45) is 11.8 Å². The maximum absolute atomic E-state index is 12.2. The number of rotatable bonds is 3. The van der Waals surface area contributed by atoms with Crippen molar-refractivity contribution in [1.29, 1.82) is 0 Å². The van der Waals surface area contributed by atoms with Crippen LogP contribution in [0.5, 0.6) is 0 Å². The summed E-state index contributed by atoms with van der Waals surface area (Å²) < 4.78 is 0. The molecule has 1 saturated carbocycles. The molecule has 2 rings (SSSR count). The van der Waals surface area contributed by atoms with Gasteiger partial charge in [-0.05, 0) is 30.4 Å². The van der Waals surface area contributed by atoms with Crippen LogP contribution in [0.1, 0.15) is 43.5 Å². The van der Waals surface area contributed by atoms with Crippen molar-refractivity contribution in [3.8, 4) is 0 Å². The van der Waals surface area contributed by atoms with Gasteiger partial charge in [-0.25, -0.2) is 0 Å². The number of nitrogens with one attached hydrogen (secondary N) is 1. The van der Waals surface area contributed by atoms with Crippen LogP contribution in [0.25, 0.3) is 0 Å². The number of hydrogen-bond donors (Lipinski definition) is 1. The van der Waals surface area contributed by atoms with E-state index in [1.807, 2.05) is 24.3 Å². The van der Waals surface area contributed by atoms with E-state index in [0.29, 0.717) is 12.0 Å². The van der Waals surface area contributed by atoms with Gasteiger partial charge in [-0.3, -0.25) is 4.79 Å². The maximum atomic E-state index is 12.2. The number of anilines is 1. The van der Waals surface area contributed by atoms with Crippen LogP contribution in [-0.2, 0) is 0 Å². The van der Waals surface area contributed by atoms with Gasteiger partial charge in [0.2, 0.25) is 0 Å². The van der Waals surface area contributed by atoms with E-state index in [4.69, 9.17) is 0 Å². The molecule has 0 radical (unpaired) electrons. The molecule has 0 aromatic heterocycles. The van der Waals surface area contributed by atoms with Gasteiger partial charge in [0.1, 0.15) is 0 Å². The van der Waals surface area contributed by atoms with Gasteiger partial charge in [-0.15, -0.1) is 0 Å². The fourth-order valence-corrected chi connectivity index (χ4v) is 3.02. The zero-order valence-corrected chi connectivity index (χ0v) is 13.0. The van der Waals surface area contributed by atoms with Crippen molar-refractivity contribution < 1.29 is 4.79 Å². The Morgan fingerprint density at radius 1 is 1.20 bits per heavy atom. The Morgan fingerprint density at radius 2 is 1.90 bits per heavy atom. The number of carbonyl (C=O) groups is 1. The first kappa shape index (κ1) is 14.9. The molecule has 3 nitrogen and oxygen atoms in total. The van der Waals surface area contributed by atoms with Gasteiger partial charge in [0, 0.05) is 25.8 Å². The van der Waals surface area contributed by atoms with Crippen molar-refractivity contribution in [3.05, 3.63) is 29.8 Å². The van der Waals surface area contributed by atoms with E-state index < -0.39 is 0 Å². The molecule has 1 aliphatic rings. The lowest BCUT2D eigenvalue weighted by Crippen LogP contribution is -2.35. The van der Waals surface area contributed by atoms with Gasteiger partial charge in [0.25, 0.3) is 5.91 Å². The van der Waals surface area contributed by atoms with Crippen LogP contribution in [-0.4, -0.2) is 30.9 Å². The van der Waals surface area contributed by atoms with Gasteiger partial charge >= 0.3 is 0 Å². The summed E-state index contributed by atoms with van der Waals surface area (Å²) in [7, 11) is 3.59. The van der Waals surface area contributed by atoms with E-state index in [9.17, 15) is 4.79 Å². The van der Waals surface area contributed by atoms with E-state index in [0.717, 1.165) is 17.2 Å². The van der Waals surface area contributed by atoms with Gasteiger partial charge in [0.05, 0.1) is 5.56 Å². The summed E-state index contributed by atoms with van der Waals surface area (Å²) >= 11 is 0. The third-order valence-electron chi connectivity index (χ3n) is 4.61. The normalized spacial score (nSPS) is 26.1. The van der Waals surface area contributed by atoms with Crippen LogP contribution >= 0.6 is 0 Å². The van der Waals surface area contributed by atoms with Crippen molar-refractivity contribution in [2.75, 3.05) is 19.4 Å². The van der Waals surface area contributed by atoms with Crippen molar-refractivity contribution in [2.45, 2.75) is 39.2 Å². The van der Waals surface area contributed by atoms with Crippen LogP contribution in [0, 0.1) is 11.8 Å². The first-order valence-electron chi connectivity index (χ1n) is 7.58. The summed E-state index contributed by atoms with van der Waals surface area (Å²) in [5, 5.41) is 3.62. The number of benzene rings is 1. The molecule has 20 heavy (non-hydrogen) atoms. The van der Waals surface area contributed by atoms with Crippen molar-refractivity contribution >= 4 is 11.6 Å². The van der Waals surface area contributed by atoms with E-state index in [-0.39, 0.29) is 5.91 Å². The molecule has 0 aliphatic heterocycles. The van der Waals surface area contributed by atoms with Crippen LogP contribution in [0.15, 0.2) is 24.3 Å². The molecule has 110 valence electrons. The minimum Gasteiger partial charge on any atom is -0.381 e. The average molecular weight is 274 g/mol. The van der Waals surface area contributed by atoms with Gasteiger partial charge in [0.15, 0.2) is 0 Å². The largest absolute Gasteiger partial charge is 0.381 e. The predicted molar refractivity (Wildman–Crippen MR) is 84.0 cm³/mol. The molecule has 0 spiro atoms. The second kappa shape index (κ2) is 6.29. The van der Waals surface area contributed by atoms with Crippen molar-refractivity contribution in [1.82, 2.24) is 4.90 Å². The number of para-hydroxylation sites is 1. The average Bonchev–Trinajstić information content (AvgIpc) is 2.43. The highest BCUT2D eigenvalue weighted by atomic mass is 16.2. The fourth-order valence-electron chi connectivity index (χ4n) is 3.02. The summed E-state index contributed by atoms with van der Waals surface area (Å²) in [6.07, 6.45) is 3.78. The second-order valence-electron chi connectivity index (χ2n) is 6.26. The zero-order chi connectivity index (χ0) is 14.7. The molecule has 1 N–H and O–H groups in total. The Bertz CT molecular complexity index is 470. The van der Waals surface area contributed by atoms with E-state index in [1.54, 1.807) is 19.0 Å². The Kier molecular flexibility index (Phi) is 4.69. The molecular weight excluding hydrogens is 248 g/mol. The summed E-state index contributed by atoms with van der Waals surface area (Å²) in [4.78, 5) is 13.9. The molecule has 1 aromatic carbocycles. The number of hydrogen-bond acceptors (Lipinski definition) is 2. The predicted octanol–water partition coefficient (Wildman–Crippen LogP) is 3.63. The number of amides is 1. The third-order valence-corrected chi connectivity index (χ3v) is 4.61. The minimum atomic E-state index is 0.0598. The van der Waals surface area contributed by atoms with Crippen LogP contribution in [0.3, 0.4) is 0 Å². The van der Waals surface area contributed by atoms with Gasteiger partial charge in [-0.1, -0.05) is 38.8 Å². The molecule has 3 atom stereocenters. The highest BCUT2D eigenvalue weighted by Crippen LogP contribution is 2.32. The molecule has 0 saturated heterocycles. The third kappa shape index (κ3) is 3.14. The lowest BCUT2D eigenvalue weighted by molar-refractivity contribution is 0.0828. The lowest BCUT2D eigenvalue weighted by Gasteiger charge is -2.35. The first-order valence-corrected chi connectivity index (χ1v) is 7.58. The summed E-state index contributed by atoms with van der Waals surface area (Å²) in [6, 6.07) is 8.31. The van der Waals surface area contributed by atoms with E-state index >= 15 is 0 Å². The molecular formula is C17H26N2O. The smallest absolute Gasteiger partial charge is 0.255 e. The standard InChI is InChI=1S/C17H26N2O/c1-12-8-7-11-15(13(12)2)18-16-10-6-5-9-14(16)17(20)19(3)4/h5-6,9-10,12-13,15,18H,7-8,11H2,1-4H3. The molecule has 3 heteroatoms. The lowest BCUT2D eigenvalue weighted by atomic mass is 9.78. The highest BCUT2D eigenvalue weighted by Gasteiger charge is 2.27. The monoisotopic (exact) mass is 274 g/mol. The van der Waals surface area contributed by atoms with Gasteiger partial charge < -0.3 is 10.2 Å². The van der Waals surface area contributed by atoms with Crippen LogP contribution in [0.2, 0.25) is 0 Å². The molecule has 3 unspecified atom stereocenters. The SMILES string of the molecule is CC1CCCC(Nc2ccccc2C(=O)N(C)C)C1C. The summed E-state index contributed by atoms with van der Waals surface area (Å²) in [5.41, 5.74) is 1.74. The zero-order valence-electron chi connectivity index (χ0n) is 13.0. The topological polar surface area (TPSA) is 32.3 Å². The van der Waals surface area contributed by atoms with E-state index in [1.165, 1.54) is 19.3 Å². The minimum absolute atomic E-state index is 0.0598. The Balaban J connectivity index is 2.19. The quantitative estimate of drug-likeness (QED) is 0.913. The van der Waals surface area contributed by atoms with Gasteiger partial charge in [-0.2, -0.15) is 0 Å². The second-order valence-corrected chi connectivity index (χ2v) is 6.26. The summed E-state index contributed by atoms with van der Waals surface area (Å²) in [6.45, 7) is 4.65. The first-order chi connectivity index (χ1) is 9.50. The molecule has 1 amide bonds. The maximum Gasteiger partial charge on any atom is 0.255 e. The van der Waals surface area contributed by atoms with Crippen LogP contribution < -0.4 is 5.32 Å². The number of carbonyl (C=O) groups excluding carboxylic acids is 1. The molecule has 1 aromatic rings. The Morgan fingerprint density at radius 3 is 2.60 bits per heavy atom. The molecule has 1 fully saturated rings. The van der Waals surface area contributed by atoms with Crippen molar-refractivity contribution in [3.63, 3.8) is 0 Å². The van der Waals surface area contributed by atoms with Crippen LogP contribution in [0.4, 0.5) is 5.69 Å². The fraction of sp³-hybridized carbons (Fsp3) is 0.588. The Labute approximate surface area is 122 Å². The summed E-state index contributed by atoms with van der Waals surface area (Å²) in [5.74, 6) is 1.45. The molecule has 0 bridgehead atoms. The van der Waals surface area contributed by atoms with E-state index in [2.05, 4.69) is 19.2 Å².